The van der Waals surface area contributed by atoms with Crippen molar-refractivity contribution in [3.8, 4) is 0 Å². The molecule has 5 nitrogen and oxygen atoms in total. The molecule has 0 saturated carbocycles. The zero-order valence-corrected chi connectivity index (χ0v) is 13.5. The number of rotatable bonds is 5. The summed E-state index contributed by atoms with van der Waals surface area (Å²) in [5.41, 5.74) is 6.95. The van der Waals surface area contributed by atoms with Crippen molar-refractivity contribution in [1.82, 2.24) is 9.88 Å². The van der Waals surface area contributed by atoms with E-state index in [9.17, 15) is 0 Å². The number of guanidine groups is 1. The Bertz CT molecular complexity index is 627. The van der Waals surface area contributed by atoms with Gasteiger partial charge in [0, 0.05) is 11.2 Å². The highest BCUT2D eigenvalue weighted by molar-refractivity contribution is 6.31. The highest BCUT2D eigenvalue weighted by Crippen LogP contribution is 2.26. The van der Waals surface area contributed by atoms with Crippen LogP contribution in [-0.4, -0.2) is 36.5 Å². The van der Waals surface area contributed by atoms with Gasteiger partial charge in [0.05, 0.1) is 12.6 Å². The van der Waals surface area contributed by atoms with Crippen LogP contribution in [0.2, 0.25) is 5.02 Å². The second-order valence-electron chi connectivity index (χ2n) is 5.07. The van der Waals surface area contributed by atoms with Gasteiger partial charge in [-0.05, 0) is 37.9 Å². The molecule has 0 aliphatic carbocycles. The van der Waals surface area contributed by atoms with Crippen LogP contribution in [0, 0.1) is 0 Å². The number of pyridine rings is 1. The molecule has 0 spiro atoms. The average Bonchev–Trinajstić information content (AvgIpc) is 2.50. The van der Waals surface area contributed by atoms with E-state index in [0.29, 0.717) is 18.3 Å². The number of nitrogens with one attached hydrogen (secondary N) is 1. The Balaban J connectivity index is 2.09. The van der Waals surface area contributed by atoms with Crippen molar-refractivity contribution >= 4 is 23.4 Å². The normalized spacial score (nSPS) is 13.2. The smallest absolute Gasteiger partial charge is 0.194 e. The summed E-state index contributed by atoms with van der Waals surface area (Å²) in [5.74, 6) is 1.00. The molecular weight excluding hydrogens is 298 g/mol. The maximum Gasteiger partial charge on any atom is 0.194 e. The summed E-state index contributed by atoms with van der Waals surface area (Å²) in [6.45, 7) is 0.502. The van der Waals surface area contributed by atoms with Crippen molar-refractivity contribution in [1.29, 1.82) is 0 Å². The van der Waals surface area contributed by atoms with Gasteiger partial charge in [0.2, 0.25) is 0 Å². The number of benzene rings is 1. The predicted octanol–water partition coefficient (Wildman–Crippen LogP) is 2.76. The molecule has 22 heavy (non-hydrogen) atoms. The van der Waals surface area contributed by atoms with E-state index in [1.54, 1.807) is 6.20 Å². The molecule has 0 amide bonds. The fraction of sp³-hybridized carbons (Fsp3) is 0.250. The summed E-state index contributed by atoms with van der Waals surface area (Å²) >= 11 is 6.28. The summed E-state index contributed by atoms with van der Waals surface area (Å²) < 4.78 is 0. The third-order valence-electron chi connectivity index (χ3n) is 3.24. The molecule has 1 heterocycles. The number of anilines is 1. The summed E-state index contributed by atoms with van der Waals surface area (Å²) in [5, 5.41) is 3.70. The SMILES string of the molecule is CN(C)C(CN=C(N)Nc1ccccn1)c1ccccc1Cl. The molecular formula is C16H20ClN5. The van der Waals surface area contributed by atoms with Crippen molar-refractivity contribution in [2.75, 3.05) is 26.0 Å². The molecule has 1 aromatic carbocycles. The fourth-order valence-electron chi connectivity index (χ4n) is 2.08. The zero-order valence-electron chi connectivity index (χ0n) is 12.7. The number of hydrogen-bond acceptors (Lipinski definition) is 3. The number of likely N-dealkylation sites (N-methyl/N-ethyl adjacent to an activating group) is 1. The van der Waals surface area contributed by atoms with Crippen LogP contribution in [0.1, 0.15) is 11.6 Å². The van der Waals surface area contributed by atoms with E-state index in [4.69, 9.17) is 17.3 Å². The van der Waals surface area contributed by atoms with Gasteiger partial charge in [0.15, 0.2) is 5.96 Å². The largest absolute Gasteiger partial charge is 0.370 e. The van der Waals surface area contributed by atoms with Crippen LogP contribution in [0.25, 0.3) is 0 Å². The van der Waals surface area contributed by atoms with E-state index in [0.717, 1.165) is 10.6 Å². The first kappa shape index (κ1) is 16.3. The standard InChI is InChI=1S/C16H20ClN5/c1-22(2)14(12-7-3-4-8-13(12)17)11-20-16(18)21-15-9-5-6-10-19-15/h3-10,14H,11H2,1-2H3,(H3,18,19,20,21). The lowest BCUT2D eigenvalue weighted by Crippen LogP contribution is -2.27. The third kappa shape index (κ3) is 4.44. The van der Waals surface area contributed by atoms with E-state index < -0.39 is 0 Å². The molecule has 116 valence electrons. The predicted molar refractivity (Wildman–Crippen MR) is 92.2 cm³/mol. The minimum absolute atomic E-state index is 0.0535. The van der Waals surface area contributed by atoms with Crippen LogP contribution in [0.3, 0.4) is 0 Å². The zero-order chi connectivity index (χ0) is 15.9. The minimum Gasteiger partial charge on any atom is -0.370 e. The quantitative estimate of drug-likeness (QED) is 0.657. The van der Waals surface area contributed by atoms with E-state index >= 15 is 0 Å². The van der Waals surface area contributed by atoms with Crippen LogP contribution in [-0.2, 0) is 0 Å². The highest BCUT2D eigenvalue weighted by atomic mass is 35.5. The Morgan fingerprint density at radius 3 is 2.64 bits per heavy atom. The maximum atomic E-state index is 6.28. The van der Waals surface area contributed by atoms with Gasteiger partial charge < -0.3 is 16.0 Å². The lowest BCUT2D eigenvalue weighted by molar-refractivity contribution is 0.306. The van der Waals surface area contributed by atoms with Gasteiger partial charge in [-0.2, -0.15) is 0 Å². The molecule has 1 atom stereocenters. The Labute approximate surface area is 135 Å². The molecule has 3 N–H and O–H groups in total. The molecule has 2 aromatic rings. The number of halogens is 1. The molecule has 0 fully saturated rings. The van der Waals surface area contributed by atoms with E-state index in [1.807, 2.05) is 56.6 Å². The molecule has 0 bridgehead atoms. The van der Waals surface area contributed by atoms with Crippen molar-refractivity contribution in [2.24, 2.45) is 10.7 Å². The molecule has 1 unspecified atom stereocenters. The molecule has 6 heteroatoms. The van der Waals surface area contributed by atoms with E-state index in [-0.39, 0.29) is 6.04 Å². The minimum atomic E-state index is 0.0535. The van der Waals surface area contributed by atoms with Gasteiger partial charge in [0.1, 0.15) is 5.82 Å². The van der Waals surface area contributed by atoms with Crippen LogP contribution >= 0.6 is 11.6 Å². The van der Waals surface area contributed by atoms with Crippen LogP contribution < -0.4 is 11.1 Å². The van der Waals surface area contributed by atoms with Crippen LogP contribution in [0.15, 0.2) is 53.7 Å². The second kappa shape index (κ2) is 7.77. The number of aliphatic imine (C=N–C) groups is 1. The Kier molecular flexibility index (Phi) is 5.75. The number of hydrogen-bond donors (Lipinski definition) is 2. The molecule has 0 aliphatic heterocycles. The van der Waals surface area contributed by atoms with Gasteiger partial charge in [-0.3, -0.25) is 4.99 Å². The molecule has 0 radical (unpaired) electrons. The Morgan fingerprint density at radius 2 is 2.00 bits per heavy atom. The molecule has 0 aliphatic rings. The number of aromatic nitrogens is 1. The monoisotopic (exact) mass is 317 g/mol. The molecule has 2 rings (SSSR count). The lowest BCUT2D eigenvalue weighted by atomic mass is 10.1. The van der Waals surface area contributed by atoms with Gasteiger partial charge in [-0.15, -0.1) is 0 Å². The van der Waals surface area contributed by atoms with E-state index in [1.165, 1.54) is 0 Å². The summed E-state index contributed by atoms with van der Waals surface area (Å²) in [6, 6.07) is 13.4. The van der Waals surface area contributed by atoms with Crippen LogP contribution in [0.5, 0.6) is 0 Å². The first-order valence-electron chi connectivity index (χ1n) is 6.96. The van der Waals surface area contributed by atoms with Crippen molar-refractivity contribution < 1.29 is 0 Å². The lowest BCUT2D eigenvalue weighted by Gasteiger charge is -2.24. The fourth-order valence-corrected chi connectivity index (χ4v) is 2.34. The first-order chi connectivity index (χ1) is 10.6. The number of nitrogens with two attached hydrogens (primary N) is 1. The van der Waals surface area contributed by atoms with Gasteiger partial charge in [-0.25, -0.2) is 4.98 Å². The average molecular weight is 318 g/mol. The molecule has 0 saturated heterocycles. The van der Waals surface area contributed by atoms with Gasteiger partial charge >= 0.3 is 0 Å². The third-order valence-corrected chi connectivity index (χ3v) is 3.59. The maximum absolute atomic E-state index is 6.28. The van der Waals surface area contributed by atoms with Crippen LogP contribution in [0.4, 0.5) is 5.82 Å². The van der Waals surface area contributed by atoms with Crippen molar-refractivity contribution in [2.45, 2.75) is 6.04 Å². The van der Waals surface area contributed by atoms with Crippen molar-refractivity contribution in [3.63, 3.8) is 0 Å². The second-order valence-corrected chi connectivity index (χ2v) is 5.47. The Morgan fingerprint density at radius 1 is 1.27 bits per heavy atom. The van der Waals surface area contributed by atoms with E-state index in [2.05, 4.69) is 20.2 Å². The van der Waals surface area contributed by atoms with Gasteiger partial charge in [0.25, 0.3) is 0 Å². The van der Waals surface area contributed by atoms with Crippen molar-refractivity contribution in [3.05, 3.63) is 59.2 Å². The topological polar surface area (TPSA) is 66.5 Å². The first-order valence-corrected chi connectivity index (χ1v) is 7.34. The summed E-state index contributed by atoms with van der Waals surface area (Å²) in [4.78, 5) is 10.6. The summed E-state index contributed by atoms with van der Waals surface area (Å²) in [6.07, 6.45) is 1.70. The highest BCUT2D eigenvalue weighted by Gasteiger charge is 2.16. The summed E-state index contributed by atoms with van der Waals surface area (Å²) in [7, 11) is 3.98. The van der Waals surface area contributed by atoms with Gasteiger partial charge in [-0.1, -0.05) is 35.9 Å². The number of nitrogens with zero attached hydrogens (tertiary/aromatic N) is 3. The molecule has 1 aromatic heterocycles. The Hall–Kier alpha value is -2.11.